The molecule has 2 aromatic rings. The van der Waals surface area contributed by atoms with Crippen LogP contribution in [0.15, 0.2) is 30.5 Å². The van der Waals surface area contributed by atoms with Gasteiger partial charge in [-0.15, -0.1) is 0 Å². The fourth-order valence-corrected chi connectivity index (χ4v) is 2.77. The summed E-state index contributed by atoms with van der Waals surface area (Å²) in [5, 5.41) is 13.6. The molecule has 1 aromatic heterocycles. The van der Waals surface area contributed by atoms with Crippen molar-refractivity contribution in [1.82, 2.24) is 9.78 Å². The summed E-state index contributed by atoms with van der Waals surface area (Å²) in [6, 6.07) is 6.42. The van der Waals surface area contributed by atoms with Crippen LogP contribution < -0.4 is 4.90 Å². The molecule has 0 fully saturated rings. The van der Waals surface area contributed by atoms with Gasteiger partial charge in [0.15, 0.2) is 0 Å². The van der Waals surface area contributed by atoms with E-state index in [0.717, 1.165) is 5.56 Å². The smallest absolute Gasteiger partial charge is 0.327 e. The summed E-state index contributed by atoms with van der Waals surface area (Å²) in [5.41, 5.74) is 2.56. The Balaban J connectivity index is 2.07. The summed E-state index contributed by atoms with van der Waals surface area (Å²) in [7, 11) is 1.73. The maximum absolute atomic E-state index is 12.8. The highest BCUT2D eigenvalue weighted by atomic mass is 16.4. The Morgan fingerprint density at radius 1 is 1.33 bits per heavy atom. The van der Waals surface area contributed by atoms with Crippen LogP contribution in [0.25, 0.3) is 0 Å². The van der Waals surface area contributed by atoms with E-state index in [-0.39, 0.29) is 5.91 Å². The van der Waals surface area contributed by atoms with Gasteiger partial charge in [-0.25, -0.2) is 4.79 Å². The number of para-hydroxylation sites is 1. The highest BCUT2D eigenvalue weighted by Gasteiger charge is 2.39. The van der Waals surface area contributed by atoms with Gasteiger partial charge < -0.3 is 5.11 Å². The Hall–Kier alpha value is -2.63. The molecule has 0 spiro atoms. The molecule has 0 saturated carbocycles. The van der Waals surface area contributed by atoms with Crippen LogP contribution in [0, 0.1) is 6.92 Å². The van der Waals surface area contributed by atoms with E-state index >= 15 is 0 Å². The zero-order valence-corrected chi connectivity index (χ0v) is 11.8. The van der Waals surface area contributed by atoms with Crippen LogP contribution in [0.2, 0.25) is 0 Å². The van der Waals surface area contributed by atoms with Gasteiger partial charge in [-0.05, 0) is 18.6 Å². The first-order valence-electron chi connectivity index (χ1n) is 6.63. The van der Waals surface area contributed by atoms with E-state index in [0.29, 0.717) is 23.4 Å². The van der Waals surface area contributed by atoms with E-state index in [1.807, 2.05) is 12.1 Å². The first kappa shape index (κ1) is 13.4. The molecule has 1 amide bonds. The summed E-state index contributed by atoms with van der Waals surface area (Å²) >= 11 is 0. The van der Waals surface area contributed by atoms with Crippen molar-refractivity contribution in [2.24, 2.45) is 7.05 Å². The number of rotatable bonds is 2. The van der Waals surface area contributed by atoms with Crippen LogP contribution >= 0.6 is 0 Å². The van der Waals surface area contributed by atoms with E-state index in [2.05, 4.69) is 5.10 Å². The van der Waals surface area contributed by atoms with Crippen molar-refractivity contribution in [3.63, 3.8) is 0 Å². The van der Waals surface area contributed by atoms with Crippen LogP contribution in [0.1, 0.15) is 21.6 Å². The Kier molecular flexibility index (Phi) is 3.01. The zero-order valence-electron chi connectivity index (χ0n) is 11.8. The molecule has 6 nitrogen and oxygen atoms in total. The minimum absolute atomic E-state index is 0.321. The maximum Gasteiger partial charge on any atom is 0.327 e. The number of amides is 1. The van der Waals surface area contributed by atoms with Crippen LogP contribution in [0.5, 0.6) is 0 Å². The van der Waals surface area contributed by atoms with Gasteiger partial charge in [-0.1, -0.05) is 18.2 Å². The summed E-state index contributed by atoms with van der Waals surface area (Å²) in [5.74, 6) is -1.32. The highest BCUT2D eigenvalue weighted by Crippen LogP contribution is 2.33. The SMILES string of the molecule is Cc1nn(C)cc1C(=O)N1c2ccccc2CC1C(=O)O. The number of nitrogens with zero attached hydrogens (tertiary/aromatic N) is 3. The number of anilines is 1. The predicted octanol–water partition coefficient (Wildman–Crippen LogP) is 1.38. The van der Waals surface area contributed by atoms with Gasteiger partial charge in [0.05, 0.1) is 11.3 Å². The van der Waals surface area contributed by atoms with Crippen molar-refractivity contribution in [1.29, 1.82) is 0 Å². The molecule has 1 atom stereocenters. The molecule has 0 aliphatic carbocycles. The lowest BCUT2D eigenvalue weighted by atomic mass is 10.1. The lowest BCUT2D eigenvalue weighted by Gasteiger charge is -2.22. The van der Waals surface area contributed by atoms with Gasteiger partial charge in [-0.2, -0.15) is 5.10 Å². The zero-order chi connectivity index (χ0) is 15.1. The molecular weight excluding hydrogens is 270 g/mol. The maximum atomic E-state index is 12.8. The standard InChI is InChI=1S/C15H15N3O3/c1-9-11(8-17(2)16-9)14(19)18-12-6-4-3-5-10(12)7-13(18)15(20)21/h3-6,8,13H,7H2,1-2H3,(H,20,21). The second-order valence-corrected chi connectivity index (χ2v) is 5.16. The Bertz CT molecular complexity index is 736. The number of hydrogen-bond donors (Lipinski definition) is 1. The quantitative estimate of drug-likeness (QED) is 0.904. The third-order valence-electron chi connectivity index (χ3n) is 3.72. The third kappa shape index (κ3) is 2.08. The first-order valence-corrected chi connectivity index (χ1v) is 6.63. The number of benzene rings is 1. The average molecular weight is 285 g/mol. The highest BCUT2D eigenvalue weighted by molar-refractivity contribution is 6.11. The Morgan fingerprint density at radius 3 is 2.67 bits per heavy atom. The first-order chi connectivity index (χ1) is 9.99. The number of aryl methyl sites for hydroxylation is 2. The van der Waals surface area contributed by atoms with Crippen molar-refractivity contribution < 1.29 is 14.7 Å². The van der Waals surface area contributed by atoms with Gasteiger partial charge in [0.2, 0.25) is 0 Å². The normalized spacial score (nSPS) is 16.9. The average Bonchev–Trinajstić information content (AvgIpc) is 2.98. The molecule has 2 heterocycles. The van der Waals surface area contributed by atoms with Crippen LogP contribution in [0.4, 0.5) is 5.69 Å². The second-order valence-electron chi connectivity index (χ2n) is 5.16. The Labute approximate surface area is 121 Å². The summed E-state index contributed by atoms with van der Waals surface area (Å²) in [6.45, 7) is 1.74. The van der Waals surface area contributed by atoms with E-state index < -0.39 is 12.0 Å². The van der Waals surface area contributed by atoms with E-state index in [9.17, 15) is 14.7 Å². The van der Waals surface area contributed by atoms with E-state index in [1.54, 1.807) is 37.0 Å². The number of carboxylic acids is 1. The molecule has 0 bridgehead atoms. The molecule has 1 N–H and O–H groups in total. The number of hydrogen-bond acceptors (Lipinski definition) is 3. The molecule has 0 radical (unpaired) electrons. The number of carboxylic acid groups (broad SMARTS) is 1. The minimum atomic E-state index is -0.999. The van der Waals surface area contributed by atoms with Crippen LogP contribution in [-0.2, 0) is 18.3 Å². The summed E-state index contributed by atoms with van der Waals surface area (Å²) in [6.07, 6.45) is 1.95. The van der Waals surface area contributed by atoms with Crippen molar-refractivity contribution in [3.8, 4) is 0 Å². The molecule has 108 valence electrons. The second kappa shape index (κ2) is 4.73. The van der Waals surface area contributed by atoms with Gasteiger partial charge in [0.1, 0.15) is 6.04 Å². The Morgan fingerprint density at radius 2 is 2.05 bits per heavy atom. The van der Waals surface area contributed by atoms with Gasteiger partial charge in [-0.3, -0.25) is 14.4 Å². The van der Waals surface area contributed by atoms with Crippen molar-refractivity contribution in [3.05, 3.63) is 47.3 Å². The van der Waals surface area contributed by atoms with Gasteiger partial charge in [0.25, 0.3) is 5.91 Å². The van der Waals surface area contributed by atoms with Crippen molar-refractivity contribution >= 4 is 17.6 Å². The number of fused-ring (bicyclic) bond motifs is 1. The van der Waals surface area contributed by atoms with E-state index in [1.165, 1.54) is 4.90 Å². The fourth-order valence-electron chi connectivity index (χ4n) is 2.77. The molecule has 1 aliphatic heterocycles. The van der Waals surface area contributed by atoms with Crippen LogP contribution in [-0.4, -0.2) is 32.8 Å². The summed E-state index contributed by atoms with van der Waals surface area (Å²) in [4.78, 5) is 25.6. The number of aliphatic carboxylic acids is 1. The van der Waals surface area contributed by atoms with Crippen LogP contribution in [0.3, 0.4) is 0 Å². The van der Waals surface area contributed by atoms with E-state index in [4.69, 9.17) is 0 Å². The predicted molar refractivity (Wildman–Crippen MR) is 76.3 cm³/mol. The van der Waals surface area contributed by atoms with Gasteiger partial charge in [0, 0.05) is 25.4 Å². The molecule has 21 heavy (non-hydrogen) atoms. The molecule has 1 aromatic carbocycles. The lowest BCUT2D eigenvalue weighted by molar-refractivity contribution is -0.138. The number of carbonyl (C=O) groups is 2. The fraction of sp³-hybridized carbons (Fsp3) is 0.267. The molecule has 1 aliphatic rings. The molecule has 0 saturated heterocycles. The van der Waals surface area contributed by atoms with Crippen molar-refractivity contribution in [2.45, 2.75) is 19.4 Å². The molecule has 1 unspecified atom stereocenters. The molecular formula is C15H15N3O3. The van der Waals surface area contributed by atoms with Gasteiger partial charge >= 0.3 is 5.97 Å². The summed E-state index contributed by atoms with van der Waals surface area (Å²) < 4.78 is 1.56. The third-order valence-corrected chi connectivity index (χ3v) is 3.72. The molecule has 3 rings (SSSR count). The minimum Gasteiger partial charge on any atom is -0.480 e. The number of aromatic nitrogens is 2. The molecule has 6 heteroatoms. The topological polar surface area (TPSA) is 75.4 Å². The number of carbonyl (C=O) groups excluding carboxylic acids is 1. The largest absolute Gasteiger partial charge is 0.480 e. The monoisotopic (exact) mass is 285 g/mol. The lowest BCUT2D eigenvalue weighted by Crippen LogP contribution is -2.43. The van der Waals surface area contributed by atoms with Crippen molar-refractivity contribution in [2.75, 3.05) is 4.90 Å².